The van der Waals surface area contributed by atoms with Crippen molar-refractivity contribution in [3.63, 3.8) is 0 Å². The fraction of sp³-hybridized carbons (Fsp3) is 0.429. The van der Waals surface area contributed by atoms with Crippen molar-refractivity contribution in [2.24, 2.45) is 10.9 Å². The van der Waals surface area contributed by atoms with Crippen LogP contribution in [0.5, 0.6) is 0 Å². The van der Waals surface area contributed by atoms with Gasteiger partial charge in [-0.3, -0.25) is 0 Å². The summed E-state index contributed by atoms with van der Waals surface area (Å²) in [5.74, 6) is 0. The lowest BCUT2D eigenvalue weighted by atomic mass is 10.4. The Labute approximate surface area is 77.4 Å². The van der Waals surface area contributed by atoms with Crippen molar-refractivity contribution in [1.82, 2.24) is 4.57 Å². The molecule has 1 aromatic rings. The van der Waals surface area contributed by atoms with Gasteiger partial charge in [0.25, 0.3) is 0 Å². The molecule has 0 saturated carbocycles. The van der Waals surface area contributed by atoms with Crippen molar-refractivity contribution in [2.45, 2.75) is 24.9 Å². The highest BCUT2D eigenvalue weighted by atomic mass is 32.2. The third-order valence-corrected chi connectivity index (χ3v) is 2.72. The van der Waals surface area contributed by atoms with Crippen LogP contribution in [0.15, 0.2) is 17.2 Å². The molecule has 0 amide bonds. The quantitative estimate of drug-likeness (QED) is 0.701. The second-order valence-electron chi connectivity index (χ2n) is 2.70. The van der Waals surface area contributed by atoms with Crippen molar-refractivity contribution in [3.8, 4) is 0 Å². The van der Waals surface area contributed by atoms with Crippen LogP contribution in [-0.2, 0) is 23.1 Å². The van der Waals surface area contributed by atoms with Gasteiger partial charge in [-0.1, -0.05) is 0 Å². The highest BCUT2D eigenvalue weighted by molar-refractivity contribution is 7.89. The number of primary sulfonamides is 1. The van der Waals surface area contributed by atoms with E-state index in [0.29, 0.717) is 13.1 Å². The Morgan fingerprint density at radius 1 is 1.54 bits per heavy atom. The molecule has 1 aromatic heterocycles. The SMILES string of the molecule is CCn1cc(S(N)(=O)=O)cc1CN. The highest BCUT2D eigenvalue weighted by Gasteiger charge is 2.12. The standard InChI is InChI=1S/C7H13N3O2S/c1-2-10-5-7(13(9,11)12)3-6(10)4-8/h3,5H,2,4,8H2,1H3,(H2,9,11,12). The molecule has 1 rings (SSSR count). The number of hydrogen-bond donors (Lipinski definition) is 2. The van der Waals surface area contributed by atoms with E-state index in [4.69, 9.17) is 10.9 Å². The number of rotatable bonds is 3. The third-order valence-electron chi connectivity index (χ3n) is 1.84. The number of sulfonamides is 1. The average molecular weight is 203 g/mol. The van der Waals surface area contributed by atoms with Crippen LogP contribution < -0.4 is 10.9 Å². The van der Waals surface area contributed by atoms with Gasteiger partial charge >= 0.3 is 0 Å². The molecule has 0 aliphatic carbocycles. The summed E-state index contributed by atoms with van der Waals surface area (Å²) in [6.45, 7) is 2.90. The molecule has 0 aliphatic rings. The summed E-state index contributed by atoms with van der Waals surface area (Å²) in [6, 6.07) is 1.50. The van der Waals surface area contributed by atoms with Gasteiger partial charge in [-0.25, -0.2) is 13.6 Å². The Morgan fingerprint density at radius 2 is 2.15 bits per heavy atom. The first-order valence-corrected chi connectivity index (χ1v) is 5.45. The van der Waals surface area contributed by atoms with Gasteiger partial charge < -0.3 is 10.3 Å². The minimum atomic E-state index is -3.60. The number of hydrogen-bond acceptors (Lipinski definition) is 3. The lowest BCUT2D eigenvalue weighted by molar-refractivity contribution is 0.597. The van der Waals surface area contributed by atoms with E-state index in [9.17, 15) is 8.42 Å². The molecular weight excluding hydrogens is 190 g/mol. The minimum absolute atomic E-state index is 0.120. The molecule has 1 heterocycles. The summed E-state index contributed by atoms with van der Waals surface area (Å²) in [5.41, 5.74) is 6.20. The number of aromatic nitrogens is 1. The van der Waals surface area contributed by atoms with E-state index in [1.54, 1.807) is 4.57 Å². The van der Waals surface area contributed by atoms with Crippen molar-refractivity contribution in [2.75, 3.05) is 0 Å². The lowest BCUT2D eigenvalue weighted by Crippen LogP contribution is -2.11. The Bertz CT molecular complexity index is 372. The predicted molar refractivity (Wildman–Crippen MR) is 49.4 cm³/mol. The molecule has 0 aromatic carbocycles. The maximum atomic E-state index is 11.0. The van der Waals surface area contributed by atoms with Crippen LogP contribution in [0.2, 0.25) is 0 Å². The largest absolute Gasteiger partial charge is 0.349 e. The van der Waals surface area contributed by atoms with Crippen molar-refractivity contribution >= 4 is 10.0 Å². The van der Waals surface area contributed by atoms with Gasteiger partial charge in [-0.2, -0.15) is 0 Å². The van der Waals surface area contributed by atoms with E-state index in [1.807, 2.05) is 6.92 Å². The molecule has 0 radical (unpaired) electrons. The van der Waals surface area contributed by atoms with Crippen molar-refractivity contribution < 1.29 is 8.42 Å². The summed E-state index contributed by atoms with van der Waals surface area (Å²) >= 11 is 0. The van der Waals surface area contributed by atoms with Crippen LogP contribution in [-0.4, -0.2) is 13.0 Å². The Kier molecular flexibility index (Phi) is 2.74. The monoisotopic (exact) mass is 203 g/mol. The van der Waals surface area contributed by atoms with Crippen molar-refractivity contribution in [1.29, 1.82) is 0 Å². The van der Waals surface area contributed by atoms with Crippen molar-refractivity contribution in [3.05, 3.63) is 18.0 Å². The number of nitrogens with two attached hydrogens (primary N) is 2. The highest BCUT2D eigenvalue weighted by Crippen LogP contribution is 2.12. The third kappa shape index (κ3) is 2.09. The first-order chi connectivity index (χ1) is 5.99. The molecule has 0 aliphatic heterocycles. The number of aryl methyl sites for hydroxylation is 1. The smallest absolute Gasteiger partial charge is 0.239 e. The molecule has 0 saturated heterocycles. The zero-order valence-electron chi connectivity index (χ0n) is 7.40. The van der Waals surface area contributed by atoms with Crippen LogP contribution >= 0.6 is 0 Å². The summed E-state index contributed by atoms with van der Waals surface area (Å²) in [4.78, 5) is 0.120. The molecule has 4 N–H and O–H groups in total. The lowest BCUT2D eigenvalue weighted by Gasteiger charge is -2.00. The number of nitrogens with zero attached hydrogens (tertiary/aromatic N) is 1. The van der Waals surface area contributed by atoms with Gasteiger partial charge in [0.1, 0.15) is 0 Å². The first kappa shape index (κ1) is 10.2. The van der Waals surface area contributed by atoms with Crippen LogP contribution in [0.3, 0.4) is 0 Å². The Balaban J connectivity index is 3.22. The van der Waals surface area contributed by atoms with E-state index < -0.39 is 10.0 Å². The molecule has 0 unspecified atom stereocenters. The van der Waals surface area contributed by atoms with E-state index in [1.165, 1.54) is 12.3 Å². The van der Waals surface area contributed by atoms with Crippen LogP contribution in [0.4, 0.5) is 0 Å². The molecule has 0 atom stereocenters. The molecular formula is C7H13N3O2S. The summed E-state index contributed by atoms with van der Waals surface area (Å²) in [7, 11) is -3.60. The fourth-order valence-corrected chi connectivity index (χ4v) is 1.72. The molecule has 13 heavy (non-hydrogen) atoms. The van der Waals surface area contributed by atoms with Gasteiger partial charge in [0.15, 0.2) is 0 Å². The van der Waals surface area contributed by atoms with Gasteiger partial charge in [-0.05, 0) is 13.0 Å². The Hall–Kier alpha value is -0.850. The molecule has 74 valence electrons. The molecule has 0 spiro atoms. The topological polar surface area (TPSA) is 91.1 Å². The molecule has 0 bridgehead atoms. The molecule has 5 nitrogen and oxygen atoms in total. The predicted octanol–water partition coefficient (Wildman–Crippen LogP) is -0.386. The van der Waals surface area contributed by atoms with E-state index in [-0.39, 0.29) is 4.90 Å². The molecule has 6 heteroatoms. The minimum Gasteiger partial charge on any atom is -0.349 e. The average Bonchev–Trinajstić information content (AvgIpc) is 2.45. The summed E-state index contributed by atoms with van der Waals surface area (Å²) in [5, 5.41) is 4.97. The van der Waals surface area contributed by atoms with E-state index >= 15 is 0 Å². The normalized spacial score (nSPS) is 11.9. The van der Waals surface area contributed by atoms with Crippen LogP contribution in [0, 0.1) is 0 Å². The van der Waals surface area contributed by atoms with E-state index in [0.717, 1.165) is 5.69 Å². The zero-order chi connectivity index (χ0) is 10.1. The van der Waals surface area contributed by atoms with Crippen LogP contribution in [0.25, 0.3) is 0 Å². The first-order valence-electron chi connectivity index (χ1n) is 3.91. The summed E-state index contributed by atoms with van der Waals surface area (Å²) in [6.07, 6.45) is 1.50. The van der Waals surface area contributed by atoms with Gasteiger partial charge in [0, 0.05) is 25.0 Å². The second-order valence-corrected chi connectivity index (χ2v) is 4.26. The zero-order valence-corrected chi connectivity index (χ0v) is 8.21. The Morgan fingerprint density at radius 3 is 2.46 bits per heavy atom. The maximum absolute atomic E-state index is 11.0. The fourth-order valence-electron chi connectivity index (χ4n) is 1.15. The van der Waals surface area contributed by atoms with Gasteiger partial charge in [-0.15, -0.1) is 0 Å². The van der Waals surface area contributed by atoms with Crippen LogP contribution in [0.1, 0.15) is 12.6 Å². The maximum Gasteiger partial charge on any atom is 0.239 e. The summed E-state index contributed by atoms with van der Waals surface area (Å²) < 4.78 is 23.7. The second kappa shape index (κ2) is 3.49. The van der Waals surface area contributed by atoms with Gasteiger partial charge in [0.05, 0.1) is 4.90 Å². The van der Waals surface area contributed by atoms with E-state index in [2.05, 4.69) is 0 Å². The van der Waals surface area contributed by atoms with Gasteiger partial charge in [0.2, 0.25) is 10.0 Å². The molecule has 0 fully saturated rings.